The third-order valence-electron chi connectivity index (χ3n) is 18.3. The average Bonchev–Trinajstić information content (AvgIpc) is 1.55. The molecular formula is C76H46N4O12S4. The second-order valence-corrected chi connectivity index (χ2v) is 29.5. The minimum absolute atomic E-state index is 0.368. The van der Waals surface area contributed by atoms with Crippen LogP contribution in [0, 0.1) is 0 Å². The molecule has 0 amide bonds. The van der Waals surface area contributed by atoms with Crippen LogP contribution in [-0.4, -0.2) is 71.8 Å². The van der Waals surface area contributed by atoms with Gasteiger partial charge in [0.1, 0.15) is 0 Å². The van der Waals surface area contributed by atoms with Crippen LogP contribution >= 0.6 is 0 Å². The molecule has 0 atom stereocenters. The molecule has 12 aromatic carbocycles. The highest BCUT2D eigenvalue weighted by atomic mass is 32.2. The number of benzene rings is 12. The summed E-state index contributed by atoms with van der Waals surface area (Å²) in [6, 6.07) is 70.9. The average molecular weight is 1340 g/mol. The molecule has 3 aliphatic rings. The van der Waals surface area contributed by atoms with E-state index in [1.54, 1.807) is 48.5 Å². The number of hydrogen-bond acceptors (Lipinski definition) is 10. The van der Waals surface area contributed by atoms with Gasteiger partial charge in [0.25, 0.3) is 40.5 Å². The second-order valence-electron chi connectivity index (χ2n) is 23.8. The lowest BCUT2D eigenvalue weighted by Gasteiger charge is -2.11. The van der Waals surface area contributed by atoms with Gasteiger partial charge in [-0.05, 0) is 162 Å². The molecule has 0 fully saturated rings. The fraction of sp³-hybridized carbons (Fsp3) is 0. The maximum atomic E-state index is 13.0. The number of nitrogens with one attached hydrogen (secondary N) is 2. The van der Waals surface area contributed by atoms with Crippen LogP contribution in [0.4, 0.5) is 0 Å². The van der Waals surface area contributed by atoms with Gasteiger partial charge in [-0.2, -0.15) is 33.7 Å². The largest absolute Gasteiger partial charge is 0.353 e. The van der Waals surface area contributed by atoms with Crippen LogP contribution < -0.4 is 0 Å². The second kappa shape index (κ2) is 21.2. The topological polar surface area (TPSA) is 275 Å². The molecule has 16 nitrogen and oxygen atoms in total. The molecule has 0 radical (unpaired) electrons. The van der Waals surface area contributed by atoms with Crippen molar-refractivity contribution >= 4 is 127 Å². The molecule has 0 saturated carbocycles. The van der Waals surface area contributed by atoms with Crippen LogP contribution in [-0.2, 0) is 40.5 Å². The van der Waals surface area contributed by atoms with Gasteiger partial charge in [-0.15, -0.1) is 0 Å². The third-order valence-corrected chi connectivity index (χ3v) is 21.8. The van der Waals surface area contributed by atoms with Crippen LogP contribution in [0.3, 0.4) is 0 Å². The Morgan fingerprint density at radius 3 is 0.594 bits per heavy atom. The summed E-state index contributed by atoms with van der Waals surface area (Å²) in [6.45, 7) is 0. The quantitative estimate of drug-likeness (QED) is 0.0772. The van der Waals surface area contributed by atoms with Gasteiger partial charge in [-0.1, -0.05) is 146 Å². The number of H-pyrrole nitrogens is 2. The molecule has 96 heavy (non-hydrogen) atoms. The molecule has 4 heterocycles. The van der Waals surface area contributed by atoms with Gasteiger partial charge in [0, 0.05) is 66.1 Å². The van der Waals surface area contributed by atoms with Gasteiger partial charge < -0.3 is 9.97 Å². The Morgan fingerprint density at radius 2 is 0.417 bits per heavy atom. The van der Waals surface area contributed by atoms with Crippen molar-refractivity contribution in [1.29, 1.82) is 0 Å². The number of rotatable bonds is 8. The molecule has 17 rings (SSSR count). The van der Waals surface area contributed by atoms with Crippen molar-refractivity contribution in [2.24, 2.45) is 0 Å². The van der Waals surface area contributed by atoms with Gasteiger partial charge in [-0.25, -0.2) is 9.97 Å². The van der Waals surface area contributed by atoms with Crippen molar-refractivity contribution in [3.05, 3.63) is 243 Å². The third kappa shape index (κ3) is 9.60. The number of aromatic amines is 2. The lowest BCUT2D eigenvalue weighted by molar-refractivity contribution is 0.481. The SMILES string of the molecule is O=S(=O)(O)c1ccc(-c2c3nc(c(-c4ccc(S(=O)(=O)O)cc4)c4[nH]c(c(-c5ccc(S(=O)(=O)O)cc5)c5nc(c(-c6ccc(S(=O)(=O)O)cc6)c6[nH]c2c2cc7ccccc7cc62)-c2cc6ccccc6cc2-5)c2cc5ccccc5cc42)-c2cc4ccccc4cc2-3)cc1. The van der Waals surface area contributed by atoms with Crippen molar-refractivity contribution < 1.29 is 51.9 Å². The van der Waals surface area contributed by atoms with Gasteiger partial charge in [0.05, 0.1) is 64.4 Å². The number of aromatic nitrogens is 4. The standard InChI is InChI=1S/C76H46N4O12S4/c81-93(82,83)53-25-17-41(18-26-53)65-69-57-33-45-9-1-2-10-46(45)34-58(57)70(77-69)66(42-19-27-54(28-20-42)94(84,85)86)72-61-37-49-13-5-6-14-50(49)38-62(61)74(79-72)68(44-23-31-56(32-24-44)96(90,91)92)76-64-40-52-16-8-7-15-51(52)39-63(64)75(80-76)67(43-21-29-55(30-22-43)95(87,88)89)73-60-36-48-12-4-3-11-47(48)35-59(60)71(65)78-73/h1-40,77,80H,(H,81,82,83)(H,84,85,86)(H,87,88,89)(H,90,91,92). The Morgan fingerprint density at radius 1 is 0.240 bits per heavy atom. The normalized spacial score (nSPS) is 12.7. The summed E-state index contributed by atoms with van der Waals surface area (Å²) in [5.74, 6) is 0. The zero-order valence-electron chi connectivity index (χ0n) is 49.7. The van der Waals surface area contributed by atoms with Crippen LogP contribution in [0.15, 0.2) is 262 Å². The molecule has 14 aromatic rings. The monoisotopic (exact) mass is 1330 g/mol. The highest BCUT2D eigenvalue weighted by Crippen LogP contribution is 2.54. The van der Waals surface area contributed by atoms with E-state index >= 15 is 0 Å². The van der Waals surface area contributed by atoms with E-state index in [0.29, 0.717) is 133 Å². The number of nitrogens with zero attached hydrogens (tertiary/aromatic N) is 2. The first-order valence-electron chi connectivity index (χ1n) is 30.0. The van der Waals surface area contributed by atoms with Crippen molar-refractivity contribution in [2.45, 2.75) is 19.6 Å². The number of fused-ring (bicyclic) bond motifs is 4. The maximum absolute atomic E-state index is 13.0. The molecule has 0 saturated heterocycles. The van der Waals surface area contributed by atoms with Crippen molar-refractivity contribution in [1.82, 2.24) is 19.9 Å². The van der Waals surface area contributed by atoms with Crippen LogP contribution in [0.25, 0.3) is 176 Å². The molecule has 2 aromatic heterocycles. The maximum Gasteiger partial charge on any atom is 0.294 e. The summed E-state index contributed by atoms with van der Waals surface area (Å²) >= 11 is 0. The fourth-order valence-electron chi connectivity index (χ4n) is 13.9. The van der Waals surface area contributed by atoms with E-state index in [1.807, 2.05) is 146 Å². The summed E-state index contributed by atoms with van der Waals surface area (Å²) in [5, 5.41) is 9.28. The first-order chi connectivity index (χ1) is 46.1. The minimum atomic E-state index is -4.73. The number of hydrogen-bond donors (Lipinski definition) is 6. The minimum Gasteiger partial charge on any atom is -0.353 e. The molecule has 6 N–H and O–H groups in total. The molecule has 0 spiro atoms. The van der Waals surface area contributed by atoms with E-state index in [2.05, 4.69) is 9.97 Å². The van der Waals surface area contributed by atoms with E-state index in [0.717, 1.165) is 43.1 Å². The summed E-state index contributed by atoms with van der Waals surface area (Å²) in [7, 11) is -18.9. The molecule has 2 aliphatic heterocycles. The Bertz CT molecular complexity index is 5860. The van der Waals surface area contributed by atoms with Crippen LogP contribution in [0.2, 0.25) is 0 Å². The van der Waals surface area contributed by atoms with Crippen molar-refractivity contribution in [2.75, 3.05) is 0 Å². The summed E-state index contributed by atoms with van der Waals surface area (Å²) < 4.78 is 146. The van der Waals surface area contributed by atoms with Gasteiger partial charge in [0.15, 0.2) is 0 Å². The first-order valence-corrected chi connectivity index (χ1v) is 35.7. The Balaban J connectivity index is 1.22. The Kier molecular flexibility index (Phi) is 13.0. The lowest BCUT2D eigenvalue weighted by atomic mass is 9.91. The van der Waals surface area contributed by atoms with Gasteiger partial charge in [0.2, 0.25) is 0 Å². The predicted molar refractivity (Wildman–Crippen MR) is 376 cm³/mol. The summed E-state index contributed by atoms with van der Waals surface area (Å²) in [4.78, 5) is 18.2. The van der Waals surface area contributed by atoms with Crippen LogP contribution in [0.5, 0.6) is 0 Å². The molecular weight excluding hydrogens is 1290 g/mol. The Hall–Kier alpha value is -11.0. The van der Waals surface area contributed by atoms with E-state index in [1.165, 1.54) is 48.5 Å². The molecule has 1 aliphatic carbocycles. The Labute approximate surface area is 547 Å². The molecule has 20 heteroatoms. The highest BCUT2D eigenvalue weighted by Gasteiger charge is 2.32. The smallest absolute Gasteiger partial charge is 0.294 e. The van der Waals surface area contributed by atoms with E-state index in [9.17, 15) is 51.9 Å². The first kappa shape index (κ1) is 58.8. The van der Waals surface area contributed by atoms with Crippen LogP contribution in [0.1, 0.15) is 0 Å². The summed E-state index contributed by atoms with van der Waals surface area (Å²) in [5.41, 5.74) is 9.64. The fourth-order valence-corrected chi connectivity index (χ4v) is 15.8. The molecule has 466 valence electrons. The van der Waals surface area contributed by atoms with Gasteiger partial charge >= 0.3 is 0 Å². The van der Waals surface area contributed by atoms with E-state index in [-0.39, 0.29) is 19.6 Å². The predicted octanol–water partition coefficient (Wildman–Crippen LogP) is 17.6. The van der Waals surface area contributed by atoms with Gasteiger partial charge in [-0.3, -0.25) is 18.2 Å². The van der Waals surface area contributed by atoms with E-state index in [4.69, 9.17) is 9.97 Å². The molecule has 8 bridgehead atoms. The summed E-state index contributed by atoms with van der Waals surface area (Å²) in [6.07, 6.45) is 0. The van der Waals surface area contributed by atoms with Crippen molar-refractivity contribution in [3.63, 3.8) is 0 Å². The van der Waals surface area contributed by atoms with Crippen molar-refractivity contribution in [3.8, 4) is 89.5 Å². The molecule has 0 unspecified atom stereocenters. The highest BCUT2D eigenvalue weighted by molar-refractivity contribution is 7.86. The zero-order chi connectivity index (χ0) is 65.9. The van der Waals surface area contributed by atoms with E-state index < -0.39 is 40.5 Å². The lowest BCUT2D eigenvalue weighted by Crippen LogP contribution is -1.97. The zero-order valence-corrected chi connectivity index (χ0v) is 52.9.